The standard InChI is InChI=1S/C30H34ClN3O5Si/c1-40(2,3)14-13-36-18-34-23-15-22(31)26(21-11-9-20(10-12-21)19-7-5-4-6-8-19)32-29(23)33-30(34)39-25-17-38-27-24(35)16-37-28(25)27/h4-12,15,24-25,27-28,35H,13-14,16-18H2,1-3H3/t24-,25-,27?,28-/m1/s1. The lowest BCUT2D eigenvalue weighted by molar-refractivity contribution is 0.00339. The van der Waals surface area contributed by atoms with E-state index in [1.807, 2.05) is 41.0 Å². The molecule has 210 valence electrons. The van der Waals surface area contributed by atoms with Gasteiger partial charge in [-0.2, -0.15) is 4.98 Å². The maximum absolute atomic E-state index is 10.1. The van der Waals surface area contributed by atoms with Gasteiger partial charge in [0.25, 0.3) is 0 Å². The Hall–Kier alpha value is -2.79. The molecule has 4 heterocycles. The Morgan fingerprint density at radius 3 is 2.40 bits per heavy atom. The van der Waals surface area contributed by atoms with Crippen molar-refractivity contribution in [1.82, 2.24) is 14.5 Å². The van der Waals surface area contributed by atoms with Crippen LogP contribution in [-0.4, -0.2) is 72.0 Å². The first-order valence-corrected chi connectivity index (χ1v) is 17.7. The number of pyridine rings is 1. The van der Waals surface area contributed by atoms with Crippen LogP contribution in [0, 0.1) is 0 Å². The molecule has 40 heavy (non-hydrogen) atoms. The van der Waals surface area contributed by atoms with Gasteiger partial charge in [0.1, 0.15) is 25.0 Å². The number of aliphatic hydroxyl groups is 1. The van der Waals surface area contributed by atoms with Crippen molar-refractivity contribution in [3.63, 3.8) is 0 Å². The Bertz CT molecular complexity index is 1470. The smallest absolute Gasteiger partial charge is 0.301 e. The Kier molecular flexibility index (Phi) is 7.69. The Morgan fingerprint density at radius 1 is 0.950 bits per heavy atom. The normalized spacial score (nSPS) is 22.6. The highest BCUT2D eigenvalue weighted by molar-refractivity contribution is 6.76. The number of benzene rings is 2. The summed E-state index contributed by atoms with van der Waals surface area (Å²) < 4.78 is 25.8. The van der Waals surface area contributed by atoms with Crippen molar-refractivity contribution in [1.29, 1.82) is 0 Å². The molecule has 0 saturated carbocycles. The zero-order valence-corrected chi connectivity index (χ0v) is 24.7. The highest BCUT2D eigenvalue weighted by atomic mass is 35.5. The van der Waals surface area contributed by atoms with E-state index in [2.05, 4.69) is 43.9 Å². The van der Waals surface area contributed by atoms with E-state index in [1.165, 1.54) is 0 Å². The summed E-state index contributed by atoms with van der Waals surface area (Å²) in [6.45, 7) is 8.40. The second-order valence-electron chi connectivity index (χ2n) is 11.6. The van der Waals surface area contributed by atoms with E-state index in [-0.39, 0.29) is 19.4 Å². The van der Waals surface area contributed by atoms with Crippen molar-refractivity contribution < 1.29 is 24.1 Å². The van der Waals surface area contributed by atoms with Gasteiger partial charge in [0, 0.05) is 20.2 Å². The first-order valence-electron chi connectivity index (χ1n) is 13.7. The van der Waals surface area contributed by atoms with Gasteiger partial charge in [-0.15, -0.1) is 0 Å². The molecule has 2 fully saturated rings. The molecule has 2 saturated heterocycles. The van der Waals surface area contributed by atoms with Crippen LogP contribution in [0.15, 0.2) is 60.7 Å². The zero-order chi connectivity index (χ0) is 27.9. The van der Waals surface area contributed by atoms with E-state index in [4.69, 9.17) is 40.5 Å². The van der Waals surface area contributed by atoms with Gasteiger partial charge in [0.2, 0.25) is 0 Å². The summed E-state index contributed by atoms with van der Waals surface area (Å²) in [7, 11) is -1.25. The lowest BCUT2D eigenvalue weighted by Crippen LogP contribution is -2.35. The lowest BCUT2D eigenvalue weighted by atomic mass is 10.0. The second-order valence-corrected chi connectivity index (χ2v) is 17.6. The number of aliphatic hydroxyl groups excluding tert-OH is 1. The molecule has 4 aromatic rings. The average Bonchev–Trinajstić information content (AvgIpc) is 3.61. The van der Waals surface area contributed by atoms with Crippen LogP contribution in [0.5, 0.6) is 6.01 Å². The lowest BCUT2D eigenvalue weighted by Gasteiger charge is -2.19. The highest BCUT2D eigenvalue weighted by Gasteiger charge is 2.49. The minimum absolute atomic E-state index is 0.231. The van der Waals surface area contributed by atoms with Crippen molar-refractivity contribution >= 4 is 30.8 Å². The van der Waals surface area contributed by atoms with E-state index in [0.29, 0.717) is 35.6 Å². The van der Waals surface area contributed by atoms with Crippen LogP contribution in [0.25, 0.3) is 33.5 Å². The van der Waals surface area contributed by atoms with Gasteiger partial charge in [0.15, 0.2) is 11.8 Å². The van der Waals surface area contributed by atoms with Crippen molar-refractivity contribution in [3.8, 4) is 28.4 Å². The van der Waals surface area contributed by atoms with Gasteiger partial charge in [-0.3, -0.25) is 4.57 Å². The van der Waals surface area contributed by atoms with E-state index in [1.54, 1.807) is 0 Å². The molecule has 6 rings (SSSR count). The molecule has 1 unspecified atom stereocenters. The topological polar surface area (TPSA) is 87.9 Å². The molecule has 2 aliphatic heterocycles. The quantitative estimate of drug-likeness (QED) is 0.203. The fraction of sp³-hybridized carbons (Fsp3) is 0.400. The molecular weight excluding hydrogens is 546 g/mol. The zero-order valence-electron chi connectivity index (χ0n) is 22.9. The van der Waals surface area contributed by atoms with Gasteiger partial charge < -0.3 is 24.1 Å². The minimum Gasteiger partial charge on any atom is -0.456 e. The number of aromatic nitrogens is 3. The maximum atomic E-state index is 10.1. The first-order chi connectivity index (χ1) is 19.3. The molecule has 2 aliphatic rings. The van der Waals surface area contributed by atoms with Gasteiger partial charge >= 0.3 is 6.01 Å². The average molecular weight is 580 g/mol. The van der Waals surface area contributed by atoms with E-state index in [0.717, 1.165) is 28.3 Å². The van der Waals surface area contributed by atoms with Crippen LogP contribution in [0.1, 0.15) is 0 Å². The van der Waals surface area contributed by atoms with E-state index in [9.17, 15) is 5.11 Å². The van der Waals surface area contributed by atoms with Gasteiger partial charge in [-0.1, -0.05) is 85.8 Å². The van der Waals surface area contributed by atoms with Crippen LogP contribution >= 0.6 is 11.6 Å². The van der Waals surface area contributed by atoms with Gasteiger partial charge in [-0.05, 0) is 23.2 Å². The predicted molar refractivity (Wildman–Crippen MR) is 157 cm³/mol. The van der Waals surface area contributed by atoms with Crippen LogP contribution in [0.2, 0.25) is 30.7 Å². The molecule has 0 aliphatic carbocycles. The number of hydrogen-bond acceptors (Lipinski definition) is 7. The Labute approximate surface area is 239 Å². The molecule has 2 aromatic carbocycles. The first kappa shape index (κ1) is 27.4. The molecule has 2 aromatic heterocycles. The number of rotatable bonds is 9. The second kappa shape index (κ2) is 11.2. The molecular formula is C30H34ClN3O5Si. The van der Waals surface area contributed by atoms with Crippen molar-refractivity contribution in [2.24, 2.45) is 0 Å². The highest BCUT2D eigenvalue weighted by Crippen LogP contribution is 2.34. The summed E-state index contributed by atoms with van der Waals surface area (Å²) in [6.07, 6.45) is -1.81. The van der Waals surface area contributed by atoms with Crippen molar-refractivity contribution in [2.75, 3.05) is 19.8 Å². The fourth-order valence-corrected chi connectivity index (χ4v) is 6.10. The summed E-state index contributed by atoms with van der Waals surface area (Å²) >= 11 is 6.81. The summed E-state index contributed by atoms with van der Waals surface area (Å²) in [6, 6.07) is 21.7. The monoisotopic (exact) mass is 579 g/mol. The van der Waals surface area contributed by atoms with Gasteiger partial charge in [0.05, 0.1) is 29.4 Å². The van der Waals surface area contributed by atoms with Crippen LogP contribution < -0.4 is 4.74 Å². The van der Waals surface area contributed by atoms with Crippen LogP contribution in [0.3, 0.4) is 0 Å². The summed E-state index contributed by atoms with van der Waals surface area (Å²) in [5.74, 6) is 0. The van der Waals surface area contributed by atoms with Crippen LogP contribution in [0.4, 0.5) is 0 Å². The Balaban J connectivity index is 1.30. The molecule has 0 radical (unpaired) electrons. The fourth-order valence-electron chi connectivity index (χ4n) is 5.09. The van der Waals surface area contributed by atoms with Crippen molar-refractivity contribution in [3.05, 3.63) is 65.7 Å². The minimum atomic E-state index is -1.25. The molecule has 4 atom stereocenters. The molecule has 8 nitrogen and oxygen atoms in total. The molecule has 0 bridgehead atoms. The van der Waals surface area contributed by atoms with Gasteiger partial charge in [-0.25, -0.2) is 4.98 Å². The third-order valence-electron chi connectivity index (χ3n) is 7.38. The number of nitrogens with zero attached hydrogens (tertiary/aromatic N) is 3. The third kappa shape index (κ3) is 5.67. The Morgan fingerprint density at radius 2 is 1.65 bits per heavy atom. The molecule has 0 spiro atoms. The number of halogens is 1. The van der Waals surface area contributed by atoms with E-state index < -0.39 is 26.4 Å². The number of imidazole rings is 1. The SMILES string of the molecule is C[Si](C)(C)CCOCn1c(O[C@@H]2COC3[C@H](O)CO[C@@H]32)nc2nc(-c3ccc(-c4ccccc4)cc3)c(Cl)cc21. The summed E-state index contributed by atoms with van der Waals surface area (Å²) in [5.41, 5.74) is 5.05. The molecule has 10 heteroatoms. The van der Waals surface area contributed by atoms with E-state index >= 15 is 0 Å². The summed E-state index contributed by atoms with van der Waals surface area (Å²) in [4.78, 5) is 9.61. The molecule has 0 amide bonds. The molecule has 1 N–H and O–H groups in total. The summed E-state index contributed by atoms with van der Waals surface area (Å²) in [5, 5.41) is 10.7. The third-order valence-corrected chi connectivity index (χ3v) is 9.37. The van der Waals surface area contributed by atoms with Crippen molar-refractivity contribution in [2.45, 2.75) is 56.8 Å². The number of hydrogen-bond donors (Lipinski definition) is 1. The predicted octanol–water partition coefficient (Wildman–Crippen LogP) is 5.64. The number of ether oxygens (including phenoxy) is 4. The maximum Gasteiger partial charge on any atom is 0.301 e. The largest absolute Gasteiger partial charge is 0.456 e. The van der Waals surface area contributed by atoms with Crippen LogP contribution in [-0.2, 0) is 20.9 Å². The number of fused-ring (bicyclic) bond motifs is 2.